The van der Waals surface area contributed by atoms with Crippen LogP contribution in [-0.4, -0.2) is 41.2 Å². The summed E-state index contributed by atoms with van der Waals surface area (Å²) in [6.07, 6.45) is -4.68. The van der Waals surface area contributed by atoms with Gasteiger partial charge in [0.25, 0.3) is 0 Å². The van der Waals surface area contributed by atoms with E-state index in [0.717, 1.165) is 46.2 Å². The molecule has 2 amide bonds. The number of nitrogens with one attached hydrogen (secondary N) is 1. The normalized spacial score (nSPS) is 20.5. The number of fused-ring (bicyclic) bond motifs is 2. The third-order valence-electron chi connectivity index (χ3n) is 6.21. The minimum atomic E-state index is -4.68. The maximum Gasteiger partial charge on any atom is 0.416 e. The zero-order chi connectivity index (χ0) is 28.1. The highest BCUT2D eigenvalue weighted by atomic mass is 35.5. The van der Waals surface area contributed by atoms with Gasteiger partial charge in [0.2, 0.25) is 11.8 Å². The van der Waals surface area contributed by atoms with Crippen LogP contribution in [-0.2, 0) is 25.3 Å². The Morgan fingerprint density at radius 1 is 1.13 bits per heavy atom. The summed E-state index contributed by atoms with van der Waals surface area (Å²) in [6.45, 7) is 1.33. The van der Waals surface area contributed by atoms with Crippen molar-refractivity contribution in [2.24, 2.45) is 5.92 Å². The Morgan fingerprint density at radius 2 is 1.90 bits per heavy atom. The van der Waals surface area contributed by atoms with Crippen LogP contribution in [0.25, 0.3) is 0 Å². The largest absolute Gasteiger partial charge is 0.482 e. The number of thioether (sulfide) groups is 1. The van der Waals surface area contributed by atoms with Gasteiger partial charge in [-0.2, -0.15) is 13.2 Å². The number of thiazole rings is 1. The van der Waals surface area contributed by atoms with Gasteiger partial charge in [-0.3, -0.25) is 14.4 Å². The number of carbonyl (C=O) groups excluding carboxylic acids is 3. The van der Waals surface area contributed by atoms with E-state index >= 15 is 0 Å². The molecule has 14 heteroatoms. The van der Waals surface area contributed by atoms with Crippen LogP contribution in [0, 0.1) is 5.92 Å². The maximum absolute atomic E-state index is 13.8. The van der Waals surface area contributed by atoms with Crippen LogP contribution in [0.2, 0.25) is 5.02 Å². The minimum Gasteiger partial charge on any atom is -0.482 e. The number of carbonyl (C=O) groups is 3. The van der Waals surface area contributed by atoms with E-state index in [4.69, 9.17) is 21.1 Å². The van der Waals surface area contributed by atoms with Gasteiger partial charge < -0.3 is 14.5 Å². The second-order valence-electron chi connectivity index (χ2n) is 8.59. The Kier molecular flexibility index (Phi) is 7.25. The molecule has 0 spiro atoms. The molecule has 204 valence electrons. The molecule has 0 aliphatic carbocycles. The average Bonchev–Trinajstić information content (AvgIpc) is 3.37. The first kappa shape index (κ1) is 27.3. The van der Waals surface area contributed by atoms with E-state index in [-0.39, 0.29) is 23.1 Å². The van der Waals surface area contributed by atoms with Crippen molar-refractivity contribution in [1.29, 1.82) is 0 Å². The van der Waals surface area contributed by atoms with Crippen LogP contribution in [0.15, 0.2) is 52.3 Å². The summed E-state index contributed by atoms with van der Waals surface area (Å²) in [5.41, 5.74) is -0.881. The van der Waals surface area contributed by atoms with E-state index in [1.54, 1.807) is 6.92 Å². The Bertz CT molecular complexity index is 1540. The van der Waals surface area contributed by atoms with Crippen molar-refractivity contribution in [3.8, 4) is 5.75 Å². The molecule has 3 aromatic rings. The number of nitrogens with zero attached hydrogens (tertiary/aromatic N) is 1. The second kappa shape index (κ2) is 10.4. The molecule has 1 aromatic heterocycles. The molecule has 0 radical (unpaired) electrons. The van der Waals surface area contributed by atoms with Gasteiger partial charge in [-0.1, -0.05) is 40.8 Å². The van der Waals surface area contributed by atoms with E-state index in [1.165, 1.54) is 24.3 Å². The number of alkyl halides is 3. The van der Waals surface area contributed by atoms with Crippen molar-refractivity contribution in [2.75, 3.05) is 18.1 Å². The zero-order valence-corrected chi connectivity index (χ0v) is 22.3. The van der Waals surface area contributed by atoms with Crippen LogP contribution in [0.1, 0.15) is 28.8 Å². The summed E-state index contributed by atoms with van der Waals surface area (Å²) in [7, 11) is 0. The van der Waals surface area contributed by atoms with Crippen LogP contribution in [0.4, 0.5) is 18.9 Å². The number of aromatic amines is 1. The maximum atomic E-state index is 13.8. The fraction of sp³-hybridized carbons (Fsp3) is 0.280. The SMILES string of the molecule is CCOC(=O)COc1ccc(Cl)cc1[C@H]1c2sc(=O)[nH]c2SC2C(=O)N(c3cccc(C(F)(F)F)c3)C(=O)C21. The van der Waals surface area contributed by atoms with Gasteiger partial charge in [0.1, 0.15) is 11.0 Å². The molecule has 2 aliphatic heterocycles. The van der Waals surface area contributed by atoms with Gasteiger partial charge in [-0.25, -0.2) is 9.69 Å². The monoisotopic (exact) mass is 598 g/mol. The number of halogens is 4. The lowest BCUT2D eigenvalue weighted by Crippen LogP contribution is -2.32. The number of benzene rings is 2. The molecule has 1 saturated heterocycles. The first-order valence-electron chi connectivity index (χ1n) is 11.5. The van der Waals surface area contributed by atoms with Gasteiger partial charge in [0, 0.05) is 21.4 Å². The lowest BCUT2D eigenvalue weighted by molar-refractivity contribution is -0.145. The number of amides is 2. The van der Waals surface area contributed by atoms with Gasteiger partial charge in [-0.05, 0) is 43.3 Å². The van der Waals surface area contributed by atoms with Crippen LogP contribution >= 0.6 is 34.7 Å². The molecular formula is C25H18ClF3N2O6S2. The highest BCUT2D eigenvalue weighted by Gasteiger charge is 2.57. The zero-order valence-electron chi connectivity index (χ0n) is 19.9. The third kappa shape index (κ3) is 5.06. The summed E-state index contributed by atoms with van der Waals surface area (Å²) >= 11 is 8.10. The Labute approximate surface area is 232 Å². The summed E-state index contributed by atoms with van der Waals surface area (Å²) in [6, 6.07) is 8.49. The third-order valence-corrected chi connectivity index (χ3v) is 8.85. The summed E-state index contributed by atoms with van der Waals surface area (Å²) < 4.78 is 50.7. The number of esters is 1. The highest BCUT2D eigenvalue weighted by molar-refractivity contribution is 8.00. The van der Waals surface area contributed by atoms with E-state index < -0.39 is 58.1 Å². The molecule has 1 fully saturated rings. The molecule has 1 N–H and O–H groups in total. The van der Waals surface area contributed by atoms with E-state index in [9.17, 15) is 32.3 Å². The number of rotatable bonds is 6. The summed E-state index contributed by atoms with van der Waals surface area (Å²) in [4.78, 5) is 55.1. The lowest BCUT2D eigenvalue weighted by atomic mass is 9.82. The van der Waals surface area contributed by atoms with Gasteiger partial charge >= 0.3 is 17.0 Å². The smallest absolute Gasteiger partial charge is 0.416 e. The molecule has 2 unspecified atom stereocenters. The van der Waals surface area contributed by atoms with E-state index in [0.29, 0.717) is 15.5 Å². The first-order valence-corrected chi connectivity index (χ1v) is 13.6. The summed E-state index contributed by atoms with van der Waals surface area (Å²) in [5.74, 6) is -3.92. The van der Waals surface area contributed by atoms with E-state index in [2.05, 4.69) is 4.98 Å². The number of imide groups is 1. The second-order valence-corrected chi connectivity index (χ2v) is 11.2. The number of hydrogen-bond donors (Lipinski definition) is 1. The van der Waals surface area contributed by atoms with Gasteiger partial charge in [0.05, 0.1) is 28.8 Å². The topological polar surface area (TPSA) is 106 Å². The van der Waals surface area contributed by atoms with Gasteiger partial charge in [-0.15, -0.1) is 0 Å². The molecular weight excluding hydrogens is 581 g/mol. The predicted molar refractivity (Wildman–Crippen MR) is 137 cm³/mol. The molecule has 0 bridgehead atoms. The van der Waals surface area contributed by atoms with Crippen molar-refractivity contribution < 1.29 is 37.0 Å². The summed E-state index contributed by atoms with van der Waals surface area (Å²) in [5, 5.41) is -0.425. The standard InChI is InChI=1S/C25H18ClF3N2O6S2/c1-2-36-16(32)10-37-15-7-6-12(26)9-14(15)17-18-20(38-21-19(17)39-24(35)30-21)23(34)31(22(18)33)13-5-3-4-11(8-13)25(27,28)29/h3-9,17-18,20H,2,10H2,1H3,(H,30,35)/t17-,18?,20?/m1/s1. The fourth-order valence-corrected chi connectivity index (χ4v) is 7.35. The van der Waals surface area contributed by atoms with E-state index in [1.807, 2.05) is 0 Å². The molecule has 39 heavy (non-hydrogen) atoms. The van der Waals surface area contributed by atoms with Crippen molar-refractivity contribution >= 4 is 58.2 Å². The highest BCUT2D eigenvalue weighted by Crippen LogP contribution is 2.55. The molecule has 2 aliphatic rings. The molecule has 5 rings (SSSR count). The van der Waals surface area contributed by atoms with Crippen molar-refractivity contribution in [3.63, 3.8) is 0 Å². The first-order chi connectivity index (χ1) is 18.5. The van der Waals surface area contributed by atoms with Crippen LogP contribution in [0.5, 0.6) is 5.75 Å². The quantitative estimate of drug-likeness (QED) is 0.319. The van der Waals surface area contributed by atoms with Crippen molar-refractivity contribution in [2.45, 2.75) is 29.3 Å². The van der Waals surface area contributed by atoms with Crippen LogP contribution < -0.4 is 14.5 Å². The molecule has 3 atom stereocenters. The number of anilines is 1. The molecule has 0 saturated carbocycles. The average molecular weight is 599 g/mol. The van der Waals surface area contributed by atoms with Gasteiger partial charge in [0.15, 0.2) is 6.61 Å². The Balaban J connectivity index is 1.61. The Morgan fingerprint density at radius 3 is 2.62 bits per heavy atom. The fourth-order valence-electron chi connectivity index (χ4n) is 4.66. The lowest BCUT2D eigenvalue weighted by Gasteiger charge is -2.31. The molecule has 3 heterocycles. The number of hydrogen-bond acceptors (Lipinski definition) is 8. The minimum absolute atomic E-state index is 0.141. The molecule has 8 nitrogen and oxygen atoms in total. The van der Waals surface area contributed by atoms with Crippen molar-refractivity contribution in [3.05, 3.63) is 73.2 Å². The predicted octanol–water partition coefficient (Wildman–Crippen LogP) is 4.85. The number of H-pyrrole nitrogens is 1. The Hall–Kier alpha value is -3.29. The molecule has 2 aromatic carbocycles. The van der Waals surface area contributed by atoms with Crippen LogP contribution in [0.3, 0.4) is 0 Å². The number of ether oxygens (including phenoxy) is 2. The number of aromatic nitrogens is 1. The van der Waals surface area contributed by atoms with Crippen molar-refractivity contribution in [1.82, 2.24) is 4.98 Å².